The lowest BCUT2D eigenvalue weighted by Crippen LogP contribution is -2.22. The van der Waals surface area contributed by atoms with Crippen LogP contribution < -0.4 is 10.1 Å². The number of carbonyl (C=O) groups is 1. The van der Waals surface area contributed by atoms with Crippen LogP contribution in [0, 0.1) is 6.92 Å². The van der Waals surface area contributed by atoms with Gasteiger partial charge in [-0.25, -0.2) is 0 Å². The smallest absolute Gasteiger partial charge is 0.237 e. The maximum Gasteiger partial charge on any atom is 0.237 e. The van der Waals surface area contributed by atoms with Crippen molar-refractivity contribution >= 4 is 23.4 Å². The molecule has 0 fully saturated rings. The largest absolute Gasteiger partial charge is 0.497 e. The lowest BCUT2D eigenvalue weighted by Gasteiger charge is -2.12. The molecule has 0 aliphatic rings. The molecule has 0 saturated heterocycles. The molecule has 2 aromatic carbocycles. The topological polar surface area (TPSA) is 81.9 Å². The number of anilines is 1. The number of thioether (sulfide) groups is 1. The number of aromatic nitrogens is 4. The van der Waals surface area contributed by atoms with Crippen molar-refractivity contribution in [2.45, 2.75) is 24.3 Å². The van der Waals surface area contributed by atoms with Crippen molar-refractivity contribution in [1.29, 1.82) is 0 Å². The van der Waals surface area contributed by atoms with Crippen LogP contribution in [0.4, 0.5) is 5.69 Å². The summed E-state index contributed by atoms with van der Waals surface area (Å²) in [5, 5.41) is 14.8. The molecule has 0 unspecified atom stereocenters. The van der Waals surface area contributed by atoms with Gasteiger partial charge in [0.15, 0.2) is 0 Å². The molecule has 8 heteroatoms. The van der Waals surface area contributed by atoms with Crippen LogP contribution in [-0.2, 0) is 4.79 Å². The van der Waals surface area contributed by atoms with Crippen LogP contribution in [0.15, 0.2) is 53.7 Å². The van der Waals surface area contributed by atoms with Gasteiger partial charge in [0, 0.05) is 5.69 Å². The highest BCUT2D eigenvalue weighted by molar-refractivity contribution is 8.00. The van der Waals surface area contributed by atoms with Crippen molar-refractivity contribution in [3.8, 4) is 11.4 Å². The molecule has 3 aromatic rings. The van der Waals surface area contributed by atoms with E-state index in [0.29, 0.717) is 5.16 Å². The van der Waals surface area contributed by atoms with Gasteiger partial charge in [0.2, 0.25) is 11.1 Å². The Kier molecular flexibility index (Phi) is 5.52. The van der Waals surface area contributed by atoms with Crippen LogP contribution in [0.25, 0.3) is 5.69 Å². The summed E-state index contributed by atoms with van der Waals surface area (Å²) in [6.45, 7) is 3.82. The van der Waals surface area contributed by atoms with Crippen molar-refractivity contribution in [1.82, 2.24) is 20.2 Å². The normalized spacial score (nSPS) is 11.8. The average Bonchev–Trinajstić information content (AvgIpc) is 3.11. The zero-order chi connectivity index (χ0) is 18.5. The Labute approximate surface area is 155 Å². The average molecular weight is 369 g/mol. The number of hydrogen-bond acceptors (Lipinski definition) is 6. The fourth-order valence-electron chi connectivity index (χ4n) is 2.23. The zero-order valence-corrected chi connectivity index (χ0v) is 15.5. The number of methoxy groups -OCH3 is 1. The Hall–Kier alpha value is -2.87. The molecule has 1 aromatic heterocycles. The number of carbonyl (C=O) groups excluding carboxylic acids is 1. The molecule has 1 N–H and O–H groups in total. The van der Waals surface area contributed by atoms with Gasteiger partial charge in [-0.2, -0.15) is 4.68 Å². The molecule has 7 nitrogen and oxygen atoms in total. The maximum atomic E-state index is 12.4. The van der Waals surface area contributed by atoms with E-state index in [0.717, 1.165) is 22.7 Å². The summed E-state index contributed by atoms with van der Waals surface area (Å²) < 4.78 is 6.75. The number of amides is 1. The van der Waals surface area contributed by atoms with Crippen LogP contribution in [0.2, 0.25) is 0 Å². The Bertz CT molecular complexity index is 877. The Morgan fingerprint density at radius 3 is 2.50 bits per heavy atom. The van der Waals surface area contributed by atoms with Gasteiger partial charge in [-0.05, 0) is 60.7 Å². The van der Waals surface area contributed by atoms with Gasteiger partial charge in [-0.15, -0.1) is 5.10 Å². The van der Waals surface area contributed by atoms with E-state index in [1.54, 1.807) is 11.8 Å². The number of aryl methyl sites for hydroxylation is 1. The fourth-order valence-corrected chi connectivity index (χ4v) is 3.04. The van der Waals surface area contributed by atoms with Crippen molar-refractivity contribution in [2.75, 3.05) is 12.4 Å². The van der Waals surface area contributed by atoms with Crippen LogP contribution >= 0.6 is 11.8 Å². The molecule has 0 spiro atoms. The molecule has 3 rings (SSSR count). The summed E-state index contributed by atoms with van der Waals surface area (Å²) in [4.78, 5) is 12.4. The van der Waals surface area contributed by atoms with E-state index in [4.69, 9.17) is 4.74 Å². The highest BCUT2D eigenvalue weighted by Crippen LogP contribution is 2.24. The molecule has 0 bridgehead atoms. The predicted octanol–water partition coefficient (Wildman–Crippen LogP) is 3.10. The first-order valence-electron chi connectivity index (χ1n) is 8.04. The molecule has 1 heterocycles. The van der Waals surface area contributed by atoms with Crippen LogP contribution in [0.5, 0.6) is 5.75 Å². The molecule has 1 amide bonds. The predicted molar refractivity (Wildman–Crippen MR) is 101 cm³/mol. The minimum atomic E-state index is -0.362. The lowest BCUT2D eigenvalue weighted by atomic mass is 10.2. The fraction of sp³-hybridized carbons (Fsp3) is 0.222. The minimum Gasteiger partial charge on any atom is -0.497 e. The molecule has 1 atom stereocenters. The molecular weight excluding hydrogens is 350 g/mol. The molecule has 0 aliphatic carbocycles. The van der Waals surface area contributed by atoms with Gasteiger partial charge in [0.05, 0.1) is 18.0 Å². The third kappa shape index (κ3) is 4.20. The standard InChI is InChI=1S/C18H19N5O2S/c1-12-4-6-14(7-5-12)19-17(24)13(2)26-18-20-21-22-23(18)15-8-10-16(25-3)11-9-15/h4-11,13H,1-3H3,(H,19,24)/t13-/m1/s1. The van der Waals surface area contributed by atoms with Crippen LogP contribution in [-0.4, -0.2) is 38.5 Å². The second-order valence-electron chi connectivity index (χ2n) is 5.69. The van der Waals surface area contributed by atoms with Gasteiger partial charge in [-0.1, -0.05) is 29.5 Å². The van der Waals surface area contributed by atoms with E-state index < -0.39 is 0 Å². The summed E-state index contributed by atoms with van der Waals surface area (Å²) in [5.74, 6) is 0.644. The van der Waals surface area contributed by atoms with Gasteiger partial charge in [0.1, 0.15) is 5.75 Å². The summed E-state index contributed by atoms with van der Waals surface area (Å²) in [6, 6.07) is 15.1. The lowest BCUT2D eigenvalue weighted by molar-refractivity contribution is -0.115. The maximum absolute atomic E-state index is 12.4. The van der Waals surface area contributed by atoms with E-state index in [9.17, 15) is 4.79 Å². The van der Waals surface area contributed by atoms with E-state index in [1.165, 1.54) is 11.8 Å². The molecule has 134 valence electrons. The van der Waals surface area contributed by atoms with Crippen molar-refractivity contribution in [3.05, 3.63) is 54.1 Å². The van der Waals surface area contributed by atoms with Crippen molar-refractivity contribution in [2.24, 2.45) is 0 Å². The summed E-state index contributed by atoms with van der Waals surface area (Å²) in [5.41, 5.74) is 2.70. The summed E-state index contributed by atoms with van der Waals surface area (Å²) >= 11 is 1.30. The van der Waals surface area contributed by atoms with E-state index in [2.05, 4.69) is 20.8 Å². The van der Waals surface area contributed by atoms with Crippen LogP contribution in [0.3, 0.4) is 0 Å². The van der Waals surface area contributed by atoms with Crippen molar-refractivity contribution < 1.29 is 9.53 Å². The first-order valence-corrected chi connectivity index (χ1v) is 8.92. The molecule has 0 saturated carbocycles. The Morgan fingerprint density at radius 2 is 1.85 bits per heavy atom. The number of ether oxygens (including phenoxy) is 1. The quantitative estimate of drug-likeness (QED) is 0.673. The van der Waals surface area contributed by atoms with Gasteiger partial charge >= 0.3 is 0 Å². The second kappa shape index (κ2) is 8.01. The van der Waals surface area contributed by atoms with E-state index in [-0.39, 0.29) is 11.2 Å². The molecule has 0 aliphatic heterocycles. The number of hydrogen-bond donors (Lipinski definition) is 1. The highest BCUT2D eigenvalue weighted by atomic mass is 32.2. The second-order valence-corrected chi connectivity index (χ2v) is 6.99. The van der Waals surface area contributed by atoms with E-state index in [1.807, 2.05) is 62.4 Å². The first kappa shape index (κ1) is 17.9. The number of nitrogens with zero attached hydrogens (tertiary/aromatic N) is 4. The number of benzene rings is 2. The van der Waals surface area contributed by atoms with Crippen LogP contribution in [0.1, 0.15) is 12.5 Å². The summed E-state index contributed by atoms with van der Waals surface area (Å²) in [7, 11) is 1.61. The highest BCUT2D eigenvalue weighted by Gasteiger charge is 2.19. The minimum absolute atomic E-state index is 0.108. The van der Waals surface area contributed by atoms with Gasteiger partial charge in [-0.3, -0.25) is 4.79 Å². The Morgan fingerprint density at radius 1 is 1.15 bits per heavy atom. The Balaban J connectivity index is 1.69. The number of rotatable bonds is 6. The van der Waals surface area contributed by atoms with Gasteiger partial charge in [0.25, 0.3) is 0 Å². The molecular formula is C18H19N5O2S. The monoisotopic (exact) mass is 369 g/mol. The number of tetrazole rings is 1. The first-order chi connectivity index (χ1) is 12.6. The third-order valence-electron chi connectivity index (χ3n) is 3.73. The summed E-state index contributed by atoms with van der Waals surface area (Å²) in [6.07, 6.45) is 0. The third-order valence-corrected chi connectivity index (χ3v) is 4.76. The molecule has 26 heavy (non-hydrogen) atoms. The van der Waals surface area contributed by atoms with E-state index >= 15 is 0 Å². The SMILES string of the molecule is COc1ccc(-n2nnnc2S[C@H](C)C(=O)Nc2ccc(C)cc2)cc1. The van der Waals surface area contributed by atoms with Gasteiger partial charge < -0.3 is 10.1 Å². The van der Waals surface area contributed by atoms with Crippen molar-refractivity contribution in [3.63, 3.8) is 0 Å². The zero-order valence-electron chi connectivity index (χ0n) is 14.7. The number of nitrogens with one attached hydrogen (secondary N) is 1. The molecule has 0 radical (unpaired) electrons.